The van der Waals surface area contributed by atoms with Crippen LogP contribution in [0.3, 0.4) is 0 Å². The van der Waals surface area contributed by atoms with E-state index in [-0.39, 0.29) is 23.8 Å². The summed E-state index contributed by atoms with van der Waals surface area (Å²) in [6, 6.07) is 18.5. The van der Waals surface area contributed by atoms with Crippen molar-refractivity contribution in [2.24, 2.45) is 0 Å². The number of hydrogen-bond donors (Lipinski definition) is 1. The molecule has 1 heterocycles. The molecule has 0 saturated heterocycles. The molecule has 25 heavy (non-hydrogen) atoms. The van der Waals surface area contributed by atoms with Gasteiger partial charge in [0.1, 0.15) is 11.1 Å². The number of para-hydroxylation sites is 1. The quantitative estimate of drug-likeness (QED) is 0.521. The van der Waals surface area contributed by atoms with Crippen LogP contribution in [0.2, 0.25) is 0 Å². The predicted molar refractivity (Wildman–Crippen MR) is 98.9 cm³/mol. The van der Waals surface area contributed by atoms with Crippen LogP contribution in [0.15, 0.2) is 69.9 Å². The van der Waals surface area contributed by atoms with Gasteiger partial charge in [-0.1, -0.05) is 55.5 Å². The first kappa shape index (κ1) is 17.1. The number of carbonyl (C=O) groups is 1. The molecule has 0 aliphatic heterocycles. The van der Waals surface area contributed by atoms with E-state index < -0.39 is 5.63 Å². The van der Waals surface area contributed by atoms with Crippen molar-refractivity contribution in [3.8, 4) is 0 Å². The fraction of sp³-hybridized carbons (Fsp3) is 0.238. The van der Waals surface area contributed by atoms with Crippen LogP contribution in [0.5, 0.6) is 0 Å². The zero-order valence-corrected chi connectivity index (χ0v) is 14.2. The molecule has 3 aromatic rings. The standard InChI is InChI=1S/C21H21NO3/c1-2-12-22-18(15-8-4-3-5-9-15)14-19(23)17-13-16-10-6-7-11-20(16)25-21(17)24/h3-11,13,18,22H,2,12,14H2,1H3. The first-order valence-corrected chi connectivity index (χ1v) is 8.53. The first-order valence-electron chi connectivity index (χ1n) is 8.53. The average molecular weight is 335 g/mol. The Bertz CT molecular complexity index is 915. The van der Waals surface area contributed by atoms with E-state index in [9.17, 15) is 9.59 Å². The van der Waals surface area contributed by atoms with Crippen molar-refractivity contribution in [1.82, 2.24) is 5.32 Å². The molecule has 4 heteroatoms. The van der Waals surface area contributed by atoms with Crippen LogP contribution < -0.4 is 10.9 Å². The Morgan fingerprint density at radius 1 is 1.08 bits per heavy atom. The van der Waals surface area contributed by atoms with Crippen LogP contribution in [0.4, 0.5) is 0 Å². The molecule has 1 N–H and O–H groups in total. The van der Waals surface area contributed by atoms with Crippen molar-refractivity contribution in [3.05, 3.63) is 82.2 Å². The molecule has 0 aliphatic rings. The van der Waals surface area contributed by atoms with Gasteiger partial charge < -0.3 is 9.73 Å². The van der Waals surface area contributed by atoms with Gasteiger partial charge in [-0.3, -0.25) is 4.79 Å². The number of hydrogen-bond acceptors (Lipinski definition) is 4. The summed E-state index contributed by atoms with van der Waals surface area (Å²) in [6.45, 7) is 2.88. The molecule has 0 bridgehead atoms. The van der Waals surface area contributed by atoms with Gasteiger partial charge in [0, 0.05) is 17.8 Å². The summed E-state index contributed by atoms with van der Waals surface area (Å²) in [7, 11) is 0. The number of carbonyl (C=O) groups excluding carboxylic acids is 1. The third kappa shape index (κ3) is 4.03. The summed E-state index contributed by atoms with van der Waals surface area (Å²) in [4.78, 5) is 25.0. The highest BCUT2D eigenvalue weighted by atomic mass is 16.4. The van der Waals surface area contributed by atoms with Crippen molar-refractivity contribution < 1.29 is 9.21 Å². The van der Waals surface area contributed by atoms with Crippen LogP contribution in [-0.4, -0.2) is 12.3 Å². The van der Waals surface area contributed by atoms with Crippen molar-refractivity contribution in [2.45, 2.75) is 25.8 Å². The maximum atomic E-state index is 12.8. The van der Waals surface area contributed by atoms with Gasteiger partial charge in [-0.05, 0) is 30.7 Å². The SMILES string of the molecule is CCCNC(CC(=O)c1cc2ccccc2oc1=O)c1ccccc1. The zero-order chi connectivity index (χ0) is 17.6. The van der Waals surface area contributed by atoms with E-state index in [1.165, 1.54) is 0 Å². The van der Waals surface area contributed by atoms with Crippen molar-refractivity contribution >= 4 is 16.8 Å². The van der Waals surface area contributed by atoms with E-state index in [0.717, 1.165) is 23.9 Å². The highest BCUT2D eigenvalue weighted by molar-refractivity contribution is 5.98. The van der Waals surface area contributed by atoms with E-state index in [2.05, 4.69) is 12.2 Å². The average Bonchev–Trinajstić information content (AvgIpc) is 2.65. The smallest absolute Gasteiger partial charge is 0.347 e. The Kier molecular flexibility index (Phi) is 5.41. The number of ketones is 1. The Balaban J connectivity index is 1.88. The summed E-state index contributed by atoms with van der Waals surface area (Å²) in [5, 5.41) is 4.14. The van der Waals surface area contributed by atoms with Crippen LogP contribution in [0.25, 0.3) is 11.0 Å². The van der Waals surface area contributed by atoms with Crippen molar-refractivity contribution in [1.29, 1.82) is 0 Å². The molecule has 1 unspecified atom stereocenters. The number of nitrogens with one attached hydrogen (secondary N) is 1. The topological polar surface area (TPSA) is 59.3 Å². The van der Waals surface area contributed by atoms with Gasteiger partial charge in [-0.2, -0.15) is 0 Å². The molecule has 0 radical (unpaired) electrons. The van der Waals surface area contributed by atoms with Gasteiger partial charge >= 0.3 is 5.63 Å². The van der Waals surface area contributed by atoms with Gasteiger partial charge in [0.05, 0.1) is 0 Å². The predicted octanol–water partition coefficient (Wildman–Crippen LogP) is 4.11. The first-order chi connectivity index (χ1) is 12.2. The fourth-order valence-corrected chi connectivity index (χ4v) is 2.86. The molecule has 128 valence electrons. The minimum absolute atomic E-state index is 0.109. The van der Waals surface area contributed by atoms with Gasteiger partial charge in [0.2, 0.25) is 0 Å². The van der Waals surface area contributed by atoms with E-state index in [1.54, 1.807) is 18.2 Å². The maximum Gasteiger partial charge on any atom is 0.347 e. The third-order valence-corrected chi connectivity index (χ3v) is 4.17. The van der Waals surface area contributed by atoms with Crippen LogP contribution in [0.1, 0.15) is 41.7 Å². The molecule has 0 amide bonds. The van der Waals surface area contributed by atoms with E-state index in [0.29, 0.717) is 5.58 Å². The Morgan fingerprint density at radius 2 is 1.80 bits per heavy atom. The van der Waals surface area contributed by atoms with Crippen LogP contribution in [0, 0.1) is 0 Å². The zero-order valence-electron chi connectivity index (χ0n) is 14.2. The van der Waals surface area contributed by atoms with Gasteiger partial charge in [0.25, 0.3) is 0 Å². The molecular weight excluding hydrogens is 314 g/mol. The summed E-state index contributed by atoms with van der Waals surface area (Å²) in [6.07, 6.45) is 1.18. The van der Waals surface area contributed by atoms with Gasteiger partial charge in [-0.15, -0.1) is 0 Å². The van der Waals surface area contributed by atoms with Crippen LogP contribution in [-0.2, 0) is 0 Å². The number of Topliss-reactive ketones (excluding diaryl/α,β-unsaturated/α-hetero) is 1. The monoisotopic (exact) mass is 335 g/mol. The van der Waals surface area contributed by atoms with Gasteiger partial charge in [0.15, 0.2) is 5.78 Å². The highest BCUT2D eigenvalue weighted by Crippen LogP contribution is 2.20. The molecule has 1 atom stereocenters. The summed E-state index contributed by atoms with van der Waals surface area (Å²) in [5.41, 5.74) is 1.06. The largest absolute Gasteiger partial charge is 0.422 e. The van der Waals surface area contributed by atoms with E-state index >= 15 is 0 Å². The lowest BCUT2D eigenvalue weighted by atomic mass is 9.98. The summed E-state index contributed by atoms with van der Waals surface area (Å²) >= 11 is 0. The number of rotatable bonds is 7. The second-order valence-electron chi connectivity index (χ2n) is 6.03. The Hall–Kier alpha value is -2.72. The van der Waals surface area contributed by atoms with Crippen molar-refractivity contribution in [3.63, 3.8) is 0 Å². The van der Waals surface area contributed by atoms with E-state index in [1.807, 2.05) is 42.5 Å². The minimum atomic E-state index is -0.578. The molecule has 0 fully saturated rings. The lowest BCUT2D eigenvalue weighted by Crippen LogP contribution is -2.26. The number of benzene rings is 2. The molecule has 0 spiro atoms. The van der Waals surface area contributed by atoms with E-state index in [4.69, 9.17) is 4.42 Å². The van der Waals surface area contributed by atoms with Crippen molar-refractivity contribution in [2.75, 3.05) is 6.54 Å². The third-order valence-electron chi connectivity index (χ3n) is 4.17. The van der Waals surface area contributed by atoms with Gasteiger partial charge in [-0.25, -0.2) is 4.79 Å². The molecule has 4 nitrogen and oxygen atoms in total. The summed E-state index contributed by atoms with van der Waals surface area (Å²) in [5.74, 6) is -0.211. The normalized spacial score (nSPS) is 12.2. The number of fused-ring (bicyclic) bond motifs is 1. The molecule has 2 aromatic carbocycles. The molecule has 1 aromatic heterocycles. The minimum Gasteiger partial charge on any atom is -0.422 e. The Morgan fingerprint density at radius 3 is 2.56 bits per heavy atom. The highest BCUT2D eigenvalue weighted by Gasteiger charge is 2.20. The molecule has 3 rings (SSSR count). The van der Waals surface area contributed by atoms with Crippen LogP contribution >= 0.6 is 0 Å². The summed E-state index contributed by atoms with van der Waals surface area (Å²) < 4.78 is 5.29. The maximum absolute atomic E-state index is 12.8. The molecule has 0 aliphatic carbocycles. The lowest BCUT2D eigenvalue weighted by molar-refractivity contribution is 0.0965. The second kappa shape index (κ2) is 7.90. The fourth-order valence-electron chi connectivity index (χ4n) is 2.86. The second-order valence-corrected chi connectivity index (χ2v) is 6.03. The molecule has 0 saturated carbocycles. The Labute approximate surface area is 146 Å². The molecular formula is C21H21NO3. The lowest BCUT2D eigenvalue weighted by Gasteiger charge is -2.18.